The Morgan fingerprint density at radius 1 is 1.71 bits per heavy atom. The fraction of sp³-hybridized carbons (Fsp3) is 0.600. The monoisotopic (exact) mass is 195 g/mol. The molecule has 1 aromatic rings. The highest BCUT2D eigenvalue weighted by Crippen LogP contribution is 2.11. The van der Waals surface area contributed by atoms with Gasteiger partial charge in [-0.15, -0.1) is 0 Å². The highest BCUT2D eigenvalue weighted by Gasteiger charge is 2.12. The molecule has 0 spiro atoms. The summed E-state index contributed by atoms with van der Waals surface area (Å²) in [5, 5.41) is 9.21. The number of aromatic nitrogens is 2. The molecule has 2 N–H and O–H groups in total. The minimum absolute atomic E-state index is 0.0693. The summed E-state index contributed by atoms with van der Waals surface area (Å²) in [6, 6.07) is 0. The number of aromatic amines is 1. The van der Waals surface area contributed by atoms with Crippen LogP contribution in [0.5, 0.6) is 0 Å². The molecule has 14 heavy (non-hydrogen) atoms. The first-order chi connectivity index (χ1) is 6.74. The number of rotatable bonds is 5. The van der Waals surface area contributed by atoms with E-state index in [2.05, 4.69) is 22.4 Å². The van der Waals surface area contributed by atoms with Gasteiger partial charge in [-0.05, 0) is 6.42 Å². The van der Waals surface area contributed by atoms with E-state index in [1.54, 1.807) is 12.4 Å². The zero-order valence-electron chi connectivity index (χ0n) is 8.71. The molecule has 0 saturated heterocycles. The molecule has 0 aromatic carbocycles. The largest absolute Gasteiger partial charge is 0.323 e. The number of carbonyl (C=O) groups excluding carboxylic acids is 1. The lowest BCUT2D eigenvalue weighted by atomic mass is 10.0. The molecule has 1 amide bonds. The maximum atomic E-state index is 11.6. The number of hydrogen-bond acceptors (Lipinski definition) is 2. The summed E-state index contributed by atoms with van der Waals surface area (Å²) in [4.78, 5) is 11.6. The second kappa shape index (κ2) is 5.42. The predicted octanol–water partition coefficient (Wildman–Crippen LogP) is 2.17. The van der Waals surface area contributed by atoms with Crippen LogP contribution < -0.4 is 5.32 Å². The van der Waals surface area contributed by atoms with Crippen molar-refractivity contribution in [1.29, 1.82) is 0 Å². The number of carbonyl (C=O) groups is 1. The van der Waals surface area contributed by atoms with Crippen LogP contribution in [0.1, 0.15) is 33.1 Å². The third-order valence-electron chi connectivity index (χ3n) is 2.20. The molecule has 1 heterocycles. The van der Waals surface area contributed by atoms with E-state index in [-0.39, 0.29) is 11.8 Å². The van der Waals surface area contributed by atoms with Gasteiger partial charge < -0.3 is 5.32 Å². The third kappa shape index (κ3) is 3.20. The zero-order chi connectivity index (χ0) is 10.4. The number of unbranched alkanes of at least 4 members (excludes halogenated alkanes) is 1. The molecule has 0 aliphatic rings. The normalized spacial score (nSPS) is 12.4. The van der Waals surface area contributed by atoms with Crippen molar-refractivity contribution in [3.8, 4) is 0 Å². The van der Waals surface area contributed by atoms with E-state index in [1.807, 2.05) is 6.92 Å². The quantitative estimate of drug-likeness (QED) is 0.756. The van der Waals surface area contributed by atoms with Crippen LogP contribution in [0, 0.1) is 5.92 Å². The Kier molecular flexibility index (Phi) is 4.16. The third-order valence-corrected chi connectivity index (χ3v) is 2.20. The molecule has 0 bridgehead atoms. The van der Waals surface area contributed by atoms with E-state index in [1.165, 1.54) is 0 Å². The molecule has 0 radical (unpaired) electrons. The Labute approximate surface area is 84.1 Å². The van der Waals surface area contributed by atoms with Gasteiger partial charge in [0.1, 0.15) is 0 Å². The van der Waals surface area contributed by atoms with E-state index in [9.17, 15) is 4.79 Å². The number of nitrogens with one attached hydrogen (secondary N) is 2. The molecule has 1 atom stereocenters. The molecule has 4 heteroatoms. The summed E-state index contributed by atoms with van der Waals surface area (Å²) >= 11 is 0. The number of hydrogen-bond donors (Lipinski definition) is 2. The van der Waals surface area contributed by atoms with Gasteiger partial charge in [-0.1, -0.05) is 26.7 Å². The number of H-pyrrole nitrogens is 1. The standard InChI is InChI=1S/C10H17N3O/c1-3-4-5-8(2)10(14)13-9-6-11-12-7-9/h6-8H,3-5H2,1-2H3,(H,11,12)(H,13,14). The molecule has 0 aliphatic heterocycles. The Bertz CT molecular complexity index is 269. The number of anilines is 1. The minimum Gasteiger partial charge on any atom is -0.323 e. The van der Waals surface area contributed by atoms with Gasteiger partial charge in [0.25, 0.3) is 0 Å². The van der Waals surface area contributed by atoms with Gasteiger partial charge >= 0.3 is 0 Å². The van der Waals surface area contributed by atoms with Crippen LogP contribution in [0.4, 0.5) is 5.69 Å². The number of nitrogens with zero attached hydrogens (tertiary/aromatic N) is 1. The van der Waals surface area contributed by atoms with Crippen molar-refractivity contribution in [2.24, 2.45) is 5.92 Å². The van der Waals surface area contributed by atoms with E-state index in [4.69, 9.17) is 0 Å². The summed E-state index contributed by atoms with van der Waals surface area (Å²) in [7, 11) is 0. The summed E-state index contributed by atoms with van der Waals surface area (Å²) in [6.07, 6.45) is 6.44. The lowest BCUT2D eigenvalue weighted by Crippen LogP contribution is -2.19. The highest BCUT2D eigenvalue weighted by molar-refractivity contribution is 5.91. The smallest absolute Gasteiger partial charge is 0.227 e. The second-order valence-electron chi connectivity index (χ2n) is 3.52. The summed E-state index contributed by atoms with van der Waals surface area (Å²) in [5.74, 6) is 0.143. The van der Waals surface area contributed by atoms with E-state index < -0.39 is 0 Å². The van der Waals surface area contributed by atoms with Gasteiger partial charge in [0.15, 0.2) is 0 Å². The van der Waals surface area contributed by atoms with Gasteiger partial charge in [-0.3, -0.25) is 9.89 Å². The van der Waals surface area contributed by atoms with Crippen molar-refractivity contribution in [3.05, 3.63) is 12.4 Å². The lowest BCUT2D eigenvalue weighted by Gasteiger charge is -2.09. The van der Waals surface area contributed by atoms with E-state index in [0.29, 0.717) is 0 Å². The second-order valence-corrected chi connectivity index (χ2v) is 3.52. The molecule has 4 nitrogen and oxygen atoms in total. The minimum atomic E-state index is 0.0693. The molecule has 0 saturated carbocycles. The average Bonchev–Trinajstić information content (AvgIpc) is 2.66. The average molecular weight is 195 g/mol. The Morgan fingerprint density at radius 3 is 3.07 bits per heavy atom. The first-order valence-electron chi connectivity index (χ1n) is 5.03. The van der Waals surface area contributed by atoms with Gasteiger partial charge in [0.05, 0.1) is 11.9 Å². The first-order valence-corrected chi connectivity index (χ1v) is 5.03. The topological polar surface area (TPSA) is 57.8 Å². The Balaban J connectivity index is 2.34. The van der Waals surface area contributed by atoms with Crippen molar-refractivity contribution in [2.75, 3.05) is 5.32 Å². The molecule has 1 aromatic heterocycles. The van der Waals surface area contributed by atoms with Crippen LogP contribution in [0.3, 0.4) is 0 Å². The van der Waals surface area contributed by atoms with E-state index in [0.717, 1.165) is 24.9 Å². The van der Waals surface area contributed by atoms with Crippen LogP contribution in [0.25, 0.3) is 0 Å². The van der Waals surface area contributed by atoms with Crippen molar-refractivity contribution in [1.82, 2.24) is 10.2 Å². The van der Waals surface area contributed by atoms with Crippen LogP contribution in [-0.2, 0) is 4.79 Å². The Morgan fingerprint density at radius 2 is 2.50 bits per heavy atom. The maximum Gasteiger partial charge on any atom is 0.227 e. The van der Waals surface area contributed by atoms with Crippen LogP contribution in [0.2, 0.25) is 0 Å². The van der Waals surface area contributed by atoms with Crippen molar-refractivity contribution in [3.63, 3.8) is 0 Å². The molecule has 78 valence electrons. The number of amides is 1. The van der Waals surface area contributed by atoms with Crippen molar-refractivity contribution in [2.45, 2.75) is 33.1 Å². The Hall–Kier alpha value is -1.32. The van der Waals surface area contributed by atoms with Gasteiger partial charge in [0.2, 0.25) is 5.91 Å². The van der Waals surface area contributed by atoms with Crippen molar-refractivity contribution < 1.29 is 4.79 Å². The SMILES string of the molecule is CCCCC(C)C(=O)Nc1cn[nH]c1. The molecule has 1 unspecified atom stereocenters. The highest BCUT2D eigenvalue weighted by atomic mass is 16.1. The van der Waals surface area contributed by atoms with Crippen LogP contribution in [0.15, 0.2) is 12.4 Å². The molecule has 1 rings (SSSR count). The zero-order valence-corrected chi connectivity index (χ0v) is 8.71. The predicted molar refractivity (Wildman–Crippen MR) is 55.9 cm³/mol. The van der Waals surface area contributed by atoms with Gasteiger partial charge in [-0.25, -0.2) is 0 Å². The first kappa shape index (κ1) is 10.8. The maximum absolute atomic E-state index is 11.6. The van der Waals surface area contributed by atoms with Crippen LogP contribution >= 0.6 is 0 Å². The molecular formula is C10H17N3O. The fourth-order valence-corrected chi connectivity index (χ4v) is 1.23. The summed E-state index contributed by atoms with van der Waals surface area (Å²) in [6.45, 7) is 4.08. The van der Waals surface area contributed by atoms with Gasteiger partial charge in [-0.2, -0.15) is 5.10 Å². The van der Waals surface area contributed by atoms with Gasteiger partial charge in [0, 0.05) is 12.1 Å². The fourth-order valence-electron chi connectivity index (χ4n) is 1.23. The summed E-state index contributed by atoms with van der Waals surface area (Å²) in [5.41, 5.74) is 0.735. The lowest BCUT2D eigenvalue weighted by molar-refractivity contribution is -0.119. The molecule has 0 aliphatic carbocycles. The summed E-state index contributed by atoms with van der Waals surface area (Å²) < 4.78 is 0. The van der Waals surface area contributed by atoms with Crippen molar-refractivity contribution >= 4 is 11.6 Å². The molecular weight excluding hydrogens is 178 g/mol. The van der Waals surface area contributed by atoms with E-state index >= 15 is 0 Å². The molecule has 0 fully saturated rings. The van der Waals surface area contributed by atoms with Crippen LogP contribution in [-0.4, -0.2) is 16.1 Å².